The molecule has 0 amide bonds. The van der Waals surface area contributed by atoms with Crippen molar-refractivity contribution in [3.63, 3.8) is 0 Å². The maximum Gasteiger partial charge on any atom is 0.495 e. The minimum atomic E-state index is -0.616. The average Bonchev–Trinajstić information content (AvgIpc) is 2.65. The molecular weight excluding hydrogens is 271 g/mol. The largest absolute Gasteiger partial charge is 0.495 e. The number of carbonyl (C=O) groups is 1. The molecule has 1 aliphatic heterocycles. The van der Waals surface area contributed by atoms with Crippen molar-refractivity contribution < 1.29 is 23.6 Å². The van der Waals surface area contributed by atoms with Crippen LogP contribution in [-0.2, 0) is 9.31 Å². The number of carbonyl (C=O) groups excluding carboxylic acids is 1. The van der Waals surface area contributed by atoms with Gasteiger partial charge in [-0.2, -0.15) is 0 Å². The predicted octanol–water partition coefficient (Wildman–Crippen LogP) is 1.82. The van der Waals surface area contributed by atoms with E-state index in [9.17, 15) is 4.79 Å². The molecule has 1 aliphatic rings. The van der Waals surface area contributed by atoms with Gasteiger partial charge in [0.1, 0.15) is 0 Å². The summed E-state index contributed by atoms with van der Waals surface area (Å²) in [4.78, 5) is 11.5. The van der Waals surface area contributed by atoms with Gasteiger partial charge in [0.2, 0.25) is 0 Å². The summed E-state index contributed by atoms with van der Waals surface area (Å²) in [5.74, 6) is 0.888. The van der Waals surface area contributed by atoms with Gasteiger partial charge in [0.25, 0.3) is 0 Å². The first-order valence-electron chi connectivity index (χ1n) is 6.83. The van der Waals surface area contributed by atoms with E-state index in [-0.39, 0.29) is 0 Å². The Bertz CT molecular complexity index is 537. The summed E-state index contributed by atoms with van der Waals surface area (Å²) in [6.45, 7) is 7.87. The molecule has 1 aromatic carbocycles. The molecule has 5 nitrogen and oxygen atoms in total. The molecule has 1 fully saturated rings. The van der Waals surface area contributed by atoms with Gasteiger partial charge in [-0.05, 0) is 39.2 Å². The van der Waals surface area contributed by atoms with E-state index in [1.807, 2.05) is 27.7 Å². The summed E-state index contributed by atoms with van der Waals surface area (Å²) in [6.07, 6.45) is 0.738. The van der Waals surface area contributed by atoms with Crippen LogP contribution in [0, 0.1) is 0 Å². The Kier molecular flexibility index (Phi) is 4.04. The molecule has 0 bridgehead atoms. The molecule has 0 aromatic heterocycles. The summed E-state index contributed by atoms with van der Waals surface area (Å²) in [5, 5.41) is 0. The Morgan fingerprint density at radius 1 is 1.05 bits per heavy atom. The Hall–Kier alpha value is -1.53. The quantitative estimate of drug-likeness (QED) is 0.626. The Balaban J connectivity index is 2.49. The summed E-state index contributed by atoms with van der Waals surface area (Å²) in [6, 6.07) is 3.51. The first-order chi connectivity index (χ1) is 9.77. The Labute approximate surface area is 125 Å². The third kappa shape index (κ3) is 2.54. The number of hydrogen-bond acceptors (Lipinski definition) is 5. The van der Waals surface area contributed by atoms with Crippen LogP contribution in [0.2, 0.25) is 0 Å². The van der Waals surface area contributed by atoms with E-state index in [0.717, 1.165) is 6.29 Å². The van der Waals surface area contributed by atoms with Gasteiger partial charge in [-0.3, -0.25) is 4.79 Å². The molecule has 0 atom stereocenters. The van der Waals surface area contributed by atoms with E-state index < -0.39 is 18.3 Å². The van der Waals surface area contributed by atoms with Gasteiger partial charge >= 0.3 is 7.12 Å². The van der Waals surface area contributed by atoms with Crippen molar-refractivity contribution in [3.05, 3.63) is 17.7 Å². The zero-order chi connectivity index (χ0) is 15.8. The molecule has 0 unspecified atom stereocenters. The van der Waals surface area contributed by atoms with Crippen LogP contribution in [0.25, 0.3) is 0 Å². The van der Waals surface area contributed by atoms with Crippen molar-refractivity contribution in [1.82, 2.24) is 0 Å². The van der Waals surface area contributed by atoms with Gasteiger partial charge < -0.3 is 18.8 Å². The number of hydrogen-bond donors (Lipinski definition) is 0. The standard InChI is InChI=1S/C15H21BO5/c1-14(2)15(3,4)21-16(20-14)11-7-8-12(18-5)13(19-6)10(11)9-17/h7-9H,1-6H3. The molecule has 0 spiro atoms. The van der Waals surface area contributed by atoms with Gasteiger partial charge in [0.05, 0.1) is 31.0 Å². The molecular formula is C15H21BO5. The lowest BCUT2D eigenvalue weighted by molar-refractivity contribution is 0.00578. The summed E-state index contributed by atoms with van der Waals surface area (Å²) >= 11 is 0. The lowest BCUT2D eigenvalue weighted by Crippen LogP contribution is -2.41. The van der Waals surface area contributed by atoms with Crippen molar-refractivity contribution in [2.75, 3.05) is 14.2 Å². The fraction of sp³-hybridized carbons (Fsp3) is 0.533. The SMILES string of the molecule is COc1ccc(B2OC(C)(C)C(C)(C)O2)c(C=O)c1OC. The van der Waals surface area contributed by atoms with E-state index in [4.69, 9.17) is 18.8 Å². The molecule has 0 N–H and O–H groups in total. The van der Waals surface area contributed by atoms with Crippen molar-refractivity contribution in [3.8, 4) is 11.5 Å². The number of methoxy groups -OCH3 is 2. The second-order valence-corrected chi connectivity index (χ2v) is 6.01. The molecule has 0 radical (unpaired) electrons. The summed E-state index contributed by atoms with van der Waals surface area (Å²) in [5.41, 5.74) is 0.0901. The first kappa shape index (κ1) is 15.9. The second kappa shape index (κ2) is 5.35. The normalized spacial score (nSPS) is 19.4. The molecule has 114 valence electrons. The fourth-order valence-corrected chi connectivity index (χ4v) is 2.26. The molecule has 21 heavy (non-hydrogen) atoms. The van der Waals surface area contributed by atoms with Crippen LogP contribution in [-0.4, -0.2) is 38.8 Å². The maximum absolute atomic E-state index is 11.5. The Morgan fingerprint density at radius 3 is 2.05 bits per heavy atom. The molecule has 1 saturated heterocycles. The predicted molar refractivity (Wildman–Crippen MR) is 80.6 cm³/mol. The van der Waals surface area contributed by atoms with Gasteiger partial charge in [-0.25, -0.2) is 0 Å². The van der Waals surface area contributed by atoms with Crippen LogP contribution in [0.3, 0.4) is 0 Å². The summed E-state index contributed by atoms with van der Waals surface area (Å²) in [7, 11) is 2.41. The van der Waals surface area contributed by atoms with Gasteiger partial charge in [0, 0.05) is 0 Å². The minimum absolute atomic E-state index is 0.385. The minimum Gasteiger partial charge on any atom is -0.493 e. The fourth-order valence-electron chi connectivity index (χ4n) is 2.26. The van der Waals surface area contributed by atoms with E-state index in [2.05, 4.69) is 0 Å². The molecule has 1 aromatic rings. The van der Waals surface area contributed by atoms with E-state index in [0.29, 0.717) is 22.5 Å². The van der Waals surface area contributed by atoms with Crippen LogP contribution in [0.4, 0.5) is 0 Å². The zero-order valence-corrected chi connectivity index (χ0v) is 13.4. The summed E-state index contributed by atoms with van der Waals surface area (Å²) < 4.78 is 22.5. The third-order valence-electron chi connectivity index (χ3n) is 4.24. The zero-order valence-electron chi connectivity index (χ0n) is 13.4. The monoisotopic (exact) mass is 292 g/mol. The highest BCUT2D eigenvalue weighted by Gasteiger charge is 2.52. The average molecular weight is 292 g/mol. The van der Waals surface area contributed by atoms with Crippen LogP contribution < -0.4 is 14.9 Å². The number of aldehydes is 1. The van der Waals surface area contributed by atoms with Crippen molar-refractivity contribution in [1.29, 1.82) is 0 Å². The number of benzene rings is 1. The smallest absolute Gasteiger partial charge is 0.493 e. The maximum atomic E-state index is 11.5. The molecule has 2 rings (SSSR count). The highest BCUT2D eigenvalue weighted by atomic mass is 16.7. The van der Waals surface area contributed by atoms with Crippen molar-refractivity contribution in [2.45, 2.75) is 38.9 Å². The van der Waals surface area contributed by atoms with E-state index >= 15 is 0 Å². The lowest BCUT2D eigenvalue weighted by Gasteiger charge is -2.32. The highest BCUT2D eigenvalue weighted by Crippen LogP contribution is 2.38. The van der Waals surface area contributed by atoms with E-state index in [1.54, 1.807) is 12.1 Å². The Morgan fingerprint density at radius 2 is 1.62 bits per heavy atom. The molecule has 0 aliphatic carbocycles. The number of ether oxygens (including phenoxy) is 2. The van der Waals surface area contributed by atoms with Crippen molar-refractivity contribution in [2.24, 2.45) is 0 Å². The van der Waals surface area contributed by atoms with Crippen LogP contribution in [0.15, 0.2) is 12.1 Å². The molecule has 1 heterocycles. The number of rotatable bonds is 4. The second-order valence-electron chi connectivity index (χ2n) is 6.01. The van der Waals surface area contributed by atoms with Gasteiger partial charge in [-0.1, -0.05) is 6.07 Å². The lowest BCUT2D eigenvalue weighted by atomic mass is 9.76. The first-order valence-corrected chi connectivity index (χ1v) is 6.83. The molecule has 0 saturated carbocycles. The van der Waals surface area contributed by atoms with Crippen LogP contribution in [0.1, 0.15) is 38.1 Å². The molecule has 6 heteroatoms. The topological polar surface area (TPSA) is 54.0 Å². The van der Waals surface area contributed by atoms with Gasteiger partial charge in [0.15, 0.2) is 17.8 Å². The third-order valence-corrected chi connectivity index (χ3v) is 4.24. The van der Waals surface area contributed by atoms with Crippen molar-refractivity contribution >= 4 is 18.9 Å². The van der Waals surface area contributed by atoms with Crippen LogP contribution >= 0.6 is 0 Å². The van der Waals surface area contributed by atoms with Gasteiger partial charge in [-0.15, -0.1) is 0 Å². The van der Waals surface area contributed by atoms with Crippen LogP contribution in [0.5, 0.6) is 11.5 Å². The highest BCUT2D eigenvalue weighted by molar-refractivity contribution is 6.63. The van der Waals surface area contributed by atoms with E-state index in [1.165, 1.54) is 14.2 Å².